The van der Waals surface area contributed by atoms with Gasteiger partial charge in [0, 0.05) is 56.1 Å². The number of ether oxygens (including phenoxy) is 1. The molecule has 3 fully saturated rings. The van der Waals surface area contributed by atoms with Crippen molar-refractivity contribution >= 4 is 5.91 Å². The molecule has 3 aliphatic heterocycles. The molecule has 5 rings (SSSR count). The Morgan fingerprint density at radius 3 is 2.31 bits per heavy atom. The fourth-order valence-corrected chi connectivity index (χ4v) is 6.62. The Bertz CT molecular complexity index is 799. The summed E-state index contributed by atoms with van der Waals surface area (Å²) >= 11 is 0. The summed E-state index contributed by atoms with van der Waals surface area (Å²) in [4.78, 5) is 20.6. The van der Waals surface area contributed by atoms with Crippen molar-refractivity contribution in [1.29, 1.82) is 0 Å². The van der Waals surface area contributed by atoms with Crippen molar-refractivity contribution in [3.63, 3.8) is 0 Å². The van der Waals surface area contributed by atoms with Crippen LogP contribution in [0.5, 0.6) is 0 Å². The number of aryl methyl sites for hydroxylation is 1. The average Bonchev–Trinajstić information content (AvgIpc) is 3.46. The number of likely N-dealkylation sites (tertiary alicyclic amines) is 2. The van der Waals surface area contributed by atoms with Gasteiger partial charge >= 0.3 is 0 Å². The quantitative estimate of drug-likeness (QED) is 0.716. The van der Waals surface area contributed by atoms with E-state index in [2.05, 4.69) is 35.3 Å². The molecule has 0 aromatic carbocycles. The Hall–Kier alpha value is -1.44. The minimum absolute atomic E-state index is 0.167. The largest absolute Gasteiger partial charge is 0.373 e. The molecule has 1 amide bonds. The van der Waals surface area contributed by atoms with Gasteiger partial charge in [0.25, 0.3) is 5.91 Å². The second-order valence-electron chi connectivity index (χ2n) is 10.5. The minimum atomic E-state index is 0.167. The summed E-state index contributed by atoms with van der Waals surface area (Å²) in [7, 11) is 0. The minimum Gasteiger partial charge on any atom is -0.373 e. The second-order valence-corrected chi connectivity index (χ2v) is 10.5. The van der Waals surface area contributed by atoms with E-state index in [1.807, 2.05) is 4.90 Å². The zero-order valence-corrected chi connectivity index (χ0v) is 20.3. The third-order valence-corrected chi connectivity index (χ3v) is 8.20. The Labute approximate surface area is 193 Å². The third kappa shape index (κ3) is 4.36. The Morgan fingerprint density at radius 2 is 1.66 bits per heavy atom. The topological polar surface area (TPSA) is 53.8 Å². The van der Waals surface area contributed by atoms with Crippen LogP contribution in [0.15, 0.2) is 0 Å². The predicted octanol–water partition coefficient (Wildman–Crippen LogP) is 2.57. The fraction of sp³-hybridized carbons (Fsp3) is 0.840. The van der Waals surface area contributed by atoms with E-state index in [0.29, 0.717) is 24.3 Å². The lowest BCUT2D eigenvalue weighted by atomic mass is 9.88. The molecular weight excluding hydrogens is 402 g/mol. The van der Waals surface area contributed by atoms with E-state index in [1.165, 1.54) is 43.6 Å². The van der Waals surface area contributed by atoms with Gasteiger partial charge in [-0.3, -0.25) is 19.3 Å². The fourth-order valence-electron chi connectivity index (χ4n) is 6.62. The van der Waals surface area contributed by atoms with Crippen molar-refractivity contribution < 1.29 is 9.53 Å². The molecule has 4 heterocycles. The van der Waals surface area contributed by atoms with Gasteiger partial charge in [0.15, 0.2) is 5.69 Å². The molecule has 0 unspecified atom stereocenters. The molecule has 0 radical (unpaired) electrons. The average molecular weight is 444 g/mol. The lowest BCUT2D eigenvalue weighted by molar-refractivity contribution is -0.0875. The van der Waals surface area contributed by atoms with Gasteiger partial charge in [-0.2, -0.15) is 5.10 Å². The summed E-state index contributed by atoms with van der Waals surface area (Å²) in [6, 6.07) is 1.24. The third-order valence-electron chi connectivity index (χ3n) is 8.20. The molecule has 3 atom stereocenters. The van der Waals surface area contributed by atoms with E-state index >= 15 is 0 Å². The number of fused-ring (bicyclic) bond motifs is 1. The zero-order valence-electron chi connectivity index (χ0n) is 20.3. The molecular formula is C25H41N5O2. The van der Waals surface area contributed by atoms with Crippen LogP contribution in [0, 0.1) is 0 Å². The number of carbonyl (C=O) groups is 1. The van der Waals surface area contributed by atoms with Gasteiger partial charge in [-0.1, -0.05) is 0 Å². The molecule has 3 saturated heterocycles. The number of hydrogen-bond donors (Lipinski definition) is 0. The summed E-state index contributed by atoms with van der Waals surface area (Å²) in [5.74, 6) is 0.167. The number of rotatable bonds is 4. The maximum Gasteiger partial charge on any atom is 0.274 e. The SMILES string of the molecule is CCn1nc(C(=O)N2CCCC2)c2c1CC[C@@H](N1CCC(N3C[C@@H](C)O[C@@H](C)C3)CC1)C2. The summed E-state index contributed by atoms with van der Waals surface area (Å²) < 4.78 is 8.04. The summed E-state index contributed by atoms with van der Waals surface area (Å²) in [6.45, 7) is 13.7. The number of morpholine rings is 1. The monoisotopic (exact) mass is 443 g/mol. The highest BCUT2D eigenvalue weighted by Crippen LogP contribution is 2.31. The summed E-state index contributed by atoms with van der Waals surface area (Å²) in [5, 5.41) is 4.81. The lowest BCUT2D eigenvalue weighted by Crippen LogP contribution is -2.54. The van der Waals surface area contributed by atoms with Crippen molar-refractivity contribution in [3.05, 3.63) is 17.0 Å². The first-order valence-corrected chi connectivity index (χ1v) is 13.0. The van der Waals surface area contributed by atoms with Gasteiger partial charge < -0.3 is 9.64 Å². The molecule has 7 nitrogen and oxygen atoms in total. The van der Waals surface area contributed by atoms with E-state index in [4.69, 9.17) is 9.84 Å². The first-order chi connectivity index (χ1) is 15.5. The van der Waals surface area contributed by atoms with Crippen molar-refractivity contribution in [2.24, 2.45) is 0 Å². The lowest BCUT2D eigenvalue weighted by Gasteiger charge is -2.45. The van der Waals surface area contributed by atoms with E-state index < -0.39 is 0 Å². The molecule has 7 heteroatoms. The second kappa shape index (κ2) is 9.43. The van der Waals surface area contributed by atoms with Crippen LogP contribution >= 0.6 is 0 Å². The zero-order chi connectivity index (χ0) is 22.2. The molecule has 1 aromatic rings. The van der Waals surface area contributed by atoms with Crippen molar-refractivity contribution in [1.82, 2.24) is 24.5 Å². The molecule has 0 saturated carbocycles. The van der Waals surface area contributed by atoms with Gasteiger partial charge in [-0.15, -0.1) is 0 Å². The van der Waals surface area contributed by atoms with Crippen LogP contribution in [-0.4, -0.2) is 93.9 Å². The smallest absolute Gasteiger partial charge is 0.274 e. The van der Waals surface area contributed by atoms with Crippen LogP contribution in [0.25, 0.3) is 0 Å². The van der Waals surface area contributed by atoms with E-state index in [9.17, 15) is 4.79 Å². The van der Waals surface area contributed by atoms with Crippen LogP contribution in [0.4, 0.5) is 0 Å². The Morgan fingerprint density at radius 1 is 0.969 bits per heavy atom. The van der Waals surface area contributed by atoms with Crippen LogP contribution in [-0.2, 0) is 24.1 Å². The first-order valence-electron chi connectivity index (χ1n) is 13.0. The highest BCUT2D eigenvalue weighted by atomic mass is 16.5. The number of piperidine rings is 1. The van der Waals surface area contributed by atoms with Gasteiger partial charge in [0.2, 0.25) is 0 Å². The van der Waals surface area contributed by atoms with Crippen LogP contribution in [0.3, 0.4) is 0 Å². The molecule has 1 aromatic heterocycles. The maximum atomic E-state index is 13.2. The van der Waals surface area contributed by atoms with E-state index in [0.717, 1.165) is 64.1 Å². The number of aromatic nitrogens is 2. The van der Waals surface area contributed by atoms with Gasteiger partial charge in [-0.05, 0) is 78.8 Å². The van der Waals surface area contributed by atoms with E-state index in [1.54, 1.807) is 0 Å². The summed E-state index contributed by atoms with van der Waals surface area (Å²) in [6.07, 6.45) is 8.65. The number of carbonyl (C=O) groups excluding carboxylic acids is 1. The number of amides is 1. The molecule has 4 aliphatic rings. The van der Waals surface area contributed by atoms with Crippen LogP contribution in [0.1, 0.15) is 74.6 Å². The van der Waals surface area contributed by atoms with E-state index in [-0.39, 0.29) is 5.91 Å². The van der Waals surface area contributed by atoms with Crippen molar-refractivity contribution in [3.8, 4) is 0 Å². The molecule has 178 valence electrons. The highest BCUT2D eigenvalue weighted by Gasteiger charge is 2.36. The maximum absolute atomic E-state index is 13.2. The van der Waals surface area contributed by atoms with Gasteiger partial charge in [0.05, 0.1) is 12.2 Å². The number of nitrogens with zero attached hydrogens (tertiary/aromatic N) is 5. The number of hydrogen-bond acceptors (Lipinski definition) is 5. The van der Waals surface area contributed by atoms with Gasteiger partial charge in [0.1, 0.15) is 0 Å². The normalized spacial score (nSPS) is 30.6. The molecule has 0 N–H and O–H groups in total. The van der Waals surface area contributed by atoms with Crippen LogP contribution < -0.4 is 0 Å². The van der Waals surface area contributed by atoms with Crippen molar-refractivity contribution in [2.45, 2.75) is 96.6 Å². The van der Waals surface area contributed by atoms with Crippen LogP contribution in [0.2, 0.25) is 0 Å². The molecule has 1 aliphatic carbocycles. The molecule has 32 heavy (non-hydrogen) atoms. The Kier molecular flexibility index (Phi) is 6.59. The summed E-state index contributed by atoms with van der Waals surface area (Å²) in [5.41, 5.74) is 3.31. The van der Waals surface area contributed by atoms with Gasteiger partial charge in [-0.25, -0.2) is 0 Å². The predicted molar refractivity (Wildman–Crippen MR) is 125 cm³/mol. The highest BCUT2D eigenvalue weighted by molar-refractivity contribution is 5.94. The first kappa shape index (κ1) is 22.4. The standard InChI is InChI=1S/C25H41N5O2/c1-4-30-23-8-7-21(15-22(23)24(26-30)25(31)28-11-5-6-12-28)27-13-9-20(10-14-27)29-16-18(2)32-19(3)17-29/h18-21H,4-17H2,1-3H3/t18-,19+,21-/m1/s1. The molecule has 0 bridgehead atoms. The Balaban J connectivity index is 1.25. The van der Waals surface area contributed by atoms with Crippen molar-refractivity contribution in [2.75, 3.05) is 39.3 Å². The molecule has 0 spiro atoms.